The summed E-state index contributed by atoms with van der Waals surface area (Å²) in [4.78, 5) is 2.36. The predicted octanol–water partition coefficient (Wildman–Crippen LogP) is 2.32. The molecule has 1 unspecified atom stereocenters. The van der Waals surface area contributed by atoms with Gasteiger partial charge < -0.3 is 15.3 Å². The molecule has 0 aliphatic carbocycles. The lowest BCUT2D eigenvalue weighted by Gasteiger charge is -2.31. The van der Waals surface area contributed by atoms with E-state index in [-0.39, 0.29) is 6.10 Å². The molecule has 0 radical (unpaired) electrons. The van der Waals surface area contributed by atoms with Gasteiger partial charge in [-0.15, -0.1) is 0 Å². The molecule has 2 rings (SSSR count). The molecule has 1 fully saturated rings. The first-order valence-corrected chi connectivity index (χ1v) is 6.97. The molecule has 1 aliphatic heterocycles. The number of benzene rings is 1. The van der Waals surface area contributed by atoms with E-state index in [4.69, 9.17) is 0 Å². The molecule has 0 bridgehead atoms. The predicted molar refractivity (Wildman–Crippen MR) is 76.0 cm³/mol. The summed E-state index contributed by atoms with van der Waals surface area (Å²) in [6.45, 7) is 7.24. The Morgan fingerprint density at radius 3 is 2.44 bits per heavy atom. The maximum Gasteiger partial charge on any atom is 0.0574 e. The molecule has 3 heteroatoms. The lowest BCUT2D eigenvalue weighted by Crippen LogP contribution is -2.35. The van der Waals surface area contributed by atoms with Gasteiger partial charge in [-0.2, -0.15) is 0 Å². The van der Waals surface area contributed by atoms with E-state index in [1.54, 1.807) is 0 Å². The fraction of sp³-hybridized carbons (Fsp3) is 0.600. The van der Waals surface area contributed by atoms with Gasteiger partial charge in [-0.05, 0) is 44.0 Å². The van der Waals surface area contributed by atoms with Crippen LogP contribution in [0.15, 0.2) is 24.3 Å². The molecular weight excluding hydrogens is 224 g/mol. The summed E-state index contributed by atoms with van der Waals surface area (Å²) in [6, 6.07) is 9.20. The zero-order valence-corrected chi connectivity index (χ0v) is 11.4. The summed E-state index contributed by atoms with van der Waals surface area (Å²) in [5.41, 5.74) is 2.60. The van der Waals surface area contributed by atoms with Gasteiger partial charge in [0.05, 0.1) is 6.10 Å². The van der Waals surface area contributed by atoms with Crippen molar-refractivity contribution in [3.05, 3.63) is 29.8 Å². The van der Waals surface area contributed by atoms with Crippen LogP contribution in [0.2, 0.25) is 0 Å². The van der Waals surface area contributed by atoms with Crippen LogP contribution in [0.5, 0.6) is 0 Å². The van der Waals surface area contributed by atoms with Gasteiger partial charge in [0.2, 0.25) is 0 Å². The minimum atomic E-state index is -0.103. The van der Waals surface area contributed by atoms with Crippen LogP contribution in [0.25, 0.3) is 0 Å². The highest BCUT2D eigenvalue weighted by atomic mass is 16.3. The minimum Gasteiger partial charge on any atom is -0.393 e. The molecule has 1 aliphatic rings. The summed E-state index contributed by atoms with van der Waals surface area (Å²) in [5, 5.41) is 12.9. The van der Waals surface area contributed by atoms with Gasteiger partial charge in [-0.25, -0.2) is 0 Å². The molecule has 0 amide bonds. The highest BCUT2D eigenvalue weighted by molar-refractivity contribution is 5.48. The first-order chi connectivity index (χ1) is 8.70. The summed E-state index contributed by atoms with van der Waals surface area (Å²) in [7, 11) is 0. The summed E-state index contributed by atoms with van der Waals surface area (Å²) >= 11 is 0. The van der Waals surface area contributed by atoms with Crippen LogP contribution in [0, 0.1) is 0 Å². The van der Waals surface area contributed by atoms with Gasteiger partial charge in [0.15, 0.2) is 0 Å². The number of piperidine rings is 1. The molecule has 0 spiro atoms. The third-order valence-electron chi connectivity index (χ3n) is 3.73. The minimum absolute atomic E-state index is 0.103. The number of hydrogen-bond donors (Lipinski definition) is 2. The van der Waals surface area contributed by atoms with Crippen LogP contribution in [0.4, 0.5) is 5.69 Å². The van der Waals surface area contributed by atoms with Crippen molar-refractivity contribution < 1.29 is 5.11 Å². The van der Waals surface area contributed by atoms with E-state index in [0.717, 1.165) is 32.5 Å². The highest BCUT2D eigenvalue weighted by Crippen LogP contribution is 2.22. The second kappa shape index (κ2) is 6.21. The lowest BCUT2D eigenvalue weighted by molar-refractivity contribution is 0.145. The fourth-order valence-corrected chi connectivity index (χ4v) is 2.52. The van der Waals surface area contributed by atoms with Crippen LogP contribution in [-0.4, -0.2) is 30.8 Å². The number of aliphatic hydroxyl groups is 1. The number of rotatable bonds is 4. The van der Waals surface area contributed by atoms with Crippen molar-refractivity contribution in [3.8, 4) is 0 Å². The molecular formula is C15H24N2O. The molecule has 2 N–H and O–H groups in total. The van der Waals surface area contributed by atoms with Crippen molar-refractivity contribution in [2.45, 2.75) is 38.8 Å². The number of anilines is 1. The van der Waals surface area contributed by atoms with E-state index in [2.05, 4.69) is 48.3 Å². The Bertz CT molecular complexity index is 355. The Morgan fingerprint density at radius 2 is 1.89 bits per heavy atom. The highest BCUT2D eigenvalue weighted by Gasteiger charge is 2.17. The molecule has 1 saturated heterocycles. The molecule has 1 heterocycles. The molecule has 3 nitrogen and oxygen atoms in total. The van der Waals surface area contributed by atoms with E-state index in [9.17, 15) is 5.11 Å². The Balaban J connectivity index is 1.99. The fourth-order valence-electron chi connectivity index (χ4n) is 2.52. The molecule has 1 aromatic carbocycles. The largest absolute Gasteiger partial charge is 0.393 e. The quantitative estimate of drug-likeness (QED) is 0.858. The van der Waals surface area contributed by atoms with E-state index >= 15 is 0 Å². The number of nitrogens with one attached hydrogen (secondary N) is 1. The maximum absolute atomic E-state index is 9.51. The molecule has 18 heavy (non-hydrogen) atoms. The number of aliphatic hydroxyl groups excluding tert-OH is 1. The van der Waals surface area contributed by atoms with E-state index in [0.29, 0.717) is 6.04 Å². The zero-order chi connectivity index (χ0) is 13.0. The SMILES string of the molecule is CCNC(C)c1ccc(N2CCC(O)CC2)cc1. The Morgan fingerprint density at radius 1 is 1.28 bits per heavy atom. The Kier molecular flexibility index (Phi) is 4.61. The van der Waals surface area contributed by atoms with Crippen LogP contribution in [0.1, 0.15) is 38.3 Å². The third-order valence-corrected chi connectivity index (χ3v) is 3.73. The smallest absolute Gasteiger partial charge is 0.0574 e. The summed E-state index contributed by atoms with van der Waals surface area (Å²) in [5.74, 6) is 0. The van der Waals surface area contributed by atoms with Crippen LogP contribution in [0.3, 0.4) is 0 Å². The van der Waals surface area contributed by atoms with E-state index in [1.807, 2.05) is 0 Å². The normalized spacial score (nSPS) is 18.9. The van der Waals surface area contributed by atoms with Crippen molar-refractivity contribution in [1.29, 1.82) is 0 Å². The number of hydrogen-bond acceptors (Lipinski definition) is 3. The monoisotopic (exact) mass is 248 g/mol. The average molecular weight is 248 g/mol. The van der Waals surface area contributed by atoms with Crippen molar-refractivity contribution in [2.24, 2.45) is 0 Å². The van der Waals surface area contributed by atoms with Crippen molar-refractivity contribution in [1.82, 2.24) is 5.32 Å². The molecule has 0 saturated carbocycles. The van der Waals surface area contributed by atoms with Gasteiger partial charge in [0.25, 0.3) is 0 Å². The first-order valence-electron chi connectivity index (χ1n) is 6.97. The van der Waals surface area contributed by atoms with Crippen LogP contribution >= 0.6 is 0 Å². The van der Waals surface area contributed by atoms with Crippen molar-refractivity contribution in [3.63, 3.8) is 0 Å². The third kappa shape index (κ3) is 3.24. The van der Waals surface area contributed by atoms with E-state index in [1.165, 1.54) is 11.3 Å². The van der Waals surface area contributed by atoms with Gasteiger partial charge in [-0.3, -0.25) is 0 Å². The van der Waals surface area contributed by atoms with Crippen LogP contribution in [-0.2, 0) is 0 Å². The summed E-state index contributed by atoms with van der Waals surface area (Å²) in [6.07, 6.45) is 1.67. The van der Waals surface area contributed by atoms with Crippen molar-refractivity contribution >= 4 is 5.69 Å². The first kappa shape index (κ1) is 13.4. The van der Waals surface area contributed by atoms with Gasteiger partial charge in [0, 0.05) is 24.8 Å². The zero-order valence-electron chi connectivity index (χ0n) is 11.4. The second-order valence-corrected chi connectivity index (χ2v) is 5.09. The van der Waals surface area contributed by atoms with Gasteiger partial charge in [-0.1, -0.05) is 19.1 Å². The van der Waals surface area contributed by atoms with Crippen molar-refractivity contribution in [2.75, 3.05) is 24.5 Å². The van der Waals surface area contributed by atoms with Crippen LogP contribution < -0.4 is 10.2 Å². The Labute approximate surface area is 110 Å². The topological polar surface area (TPSA) is 35.5 Å². The standard InChI is InChI=1S/C15H24N2O/c1-3-16-12(2)13-4-6-14(7-5-13)17-10-8-15(18)9-11-17/h4-7,12,15-16,18H,3,8-11H2,1-2H3. The molecule has 100 valence electrons. The summed E-state index contributed by atoms with van der Waals surface area (Å²) < 4.78 is 0. The molecule has 1 atom stereocenters. The number of nitrogens with zero attached hydrogens (tertiary/aromatic N) is 1. The Hall–Kier alpha value is -1.06. The molecule has 1 aromatic rings. The van der Waals surface area contributed by atoms with Gasteiger partial charge >= 0.3 is 0 Å². The second-order valence-electron chi connectivity index (χ2n) is 5.09. The lowest BCUT2D eigenvalue weighted by atomic mass is 10.0. The molecule has 0 aromatic heterocycles. The van der Waals surface area contributed by atoms with Gasteiger partial charge in [0.1, 0.15) is 0 Å². The average Bonchev–Trinajstić information content (AvgIpc) is 2.40. The van der Waals surface area contributed by atoms with E-state index < -0.39 is 0 Å². The maximum atomic E-state index is 9.51.